The molecule has 1 fully saturated rings. The van der Waals surface area contributed by atoms with Gasteiger partial charge in [-0.3, -0.25) is 9.59 Å². The highest BCUT2D eigenvalue weighted by atomic mass is 32.2. The molecule has 192 valence electrons. The molecule has 2 heterocycles. The minimum Gasteiger partial charge on any atom is -0.481 e. The van der Waals surface area contributed by atoms with Gasteiger partial charge in [-0.25, -0.2) is 13.4 Å². The molecular formula is C25H31N5O5S. The Morgan fingerprint density at radius 2 is 1.86 bits per heavy atom. The van der Waals surface area contributed by atoms with E-state index in [1.54, 1.807) is 30.3 Å². The molecule has 5 N–H and O–H groups in total. The second-order valence-corrected chi connectivity index (χ2v) is 10.9. The monoisotopic (exact) mass is 513 g/mol. The van der Waals surface area contributed by atoms with E-state index in [9.17, 15) is 23.1 Å². The van der Waals surface area contributed by atoms with Gasteiger partial charge in [0.15, 0.2) is 0 Å². The summed E-state index contributed by atoms with van der Waals surface area (Å²) >= 11 is 0. The van der Waals surface area contributed by atoms with Crippen LogP contribution in [-0.2, 0) is 21.2 Å². The van der Waals surface area contributed by atoms with Crippen LogP contribution in [-0.4, -0.2) is 54.6 Å². The van der Waals surface area contributed by atoms with E-state index >= 15 is 0 Å². The Balaban J connectivity index is 1.44. The molecule has 0 saturated carbocycles. The first-order valence-electron chi connectivity index (χ1n) is 12.0. The molecule has 1 atom stereocenters. The Morgan fingerprint density at radius 3 is 2.56 bits per heavy atom. The van der Waals surface area contributed by atoms with Crippen molar-refractivity contribution in [3.63, 3.8) is 0 Å². The van der Waals surface area contributed by atoms with Gasteiger partial charge in [-0.2, -0.15) is 4.72 Å². The van der Waals surface area contributed by atoms with E-state index in [0.717, 1.165) is 55.7 Å². The summed E-state index contributed by atoms with van der Waals surface area (Å²) < 4.78 is 27.8. The number of carboxylic acids is 1. The number of H-pyrrole nitrogens is 1. The zero-order valence-corrected chi connectivity index (χ0v) is 20.9. The quantitative estimate of drug-likeness (QED) is 0.261. The van der Waals surface area contributed by atoms with Gasteiger partial charge >= 0.3 is 5.97 Å². The Kier molecular flexibility index (Phi) is 8.02. The lowest BCUT2D eigenvalue weighted by Crippen LogP contribution is -2.49. The van der Waals surface area contributed by atoms with Crippen molar-refractivity contribution in [3.8, 4) is 0 Å². The summed E-state index contributed by atoms with van der Waals surface area (Å²) in [5, 5.41) is 15.1. The second-order valence-electron chi connectivity index (χ2n) is 9.21. The Bertz CT molecular complexity index is 1330. The highest BCUT2D eigenvalue weighted by molar-refractivity contribution is 7.89. The summed E-state index contributed by atoms with van der Waals surface area (Å²) in [5.41, 5.74) is 2.57. The maximum Gasteiger partial charge on any atom is 0.306 e. The van der Waals surface area contributed by atoms with Crippen LogP contribution in [0.4, 0.5) is 0 Å². The summed E-state index contributed by atoms with van der Waals surface area (Å²) in [6.07, 6.45) is 2.24. The van der Waals surface area contributed by atoms with E-state index in [0.29, 0.717) is 11.4 Å². The lowest BCUT2D eigenvalue weighted by molar-refractivity contribution is -0.137. The van der Waals surface area contributed by atoms with Gasteiger partial charge in [-0.1, -0.05) is 17.7 Å². The topological polar surface area (TPSA) is 153 Å². The fourth-order valence-corrected chi connectivity index (χ4v) is 5.49. The number of carbonyl (C=O) groups is 2. The van der Waals surface area contributed by atoms with Gasteiger partial charge in [-0.05, 0) is 75.5 Å². The molecule has 3 aromatic rings. The van der Waals surface area contributed by atoms with Crippen molar-refractivity contribution in [1.29, 1.82) is 0 Å². The second kappa shape index (κ2) is 11.2. The normalized spacial score (nSPS) is 15.6. The standard InChI is InChI=1S/C25H31N5O5S/c1-16-2-6-19(7-3-16)36(34,35)30-23(15-24(31)32)29-25(33)18-5-8-20-21(14-18)28-22(27-20)9-4-17-10-12-26-13-11-17/h2-3,5-8,14,17,23,26,30H,4,9-13,15H2,1H3,(H,27,28)(H,29,33)(H,31,32)/t23-/m0/s1. The first-order valence-corrected chi connectivity index (χ1v) is 13.5. The number of rotatable bonds is 10. The molecule has 10 nitrogen and oxygen atoms in total. The summed E-state index contributed by atoms with van der Waals surface area (Å²) in [4.78, 5) is 32.1. The van der Waals surface area contributed by atoms with Gasteiger partial charge in [0.05, 0.1) is 22.3 Å². The van der Waals surface area contributed by atoms with Crippen molar-refractivity contribution in [1.82, 2.24) is 25.3 Å². The molecule has 0 spiro atoms. The molecule has 0 radical (unpaired) electrons. The van der Waals surface area contributed by atoms with Gasteiger partial charge in [-0.15, -0.1) is 0 Å². The largest absolute Gasteiger partial charge is 0.481 e. The van der Waals surface area contributed by atoms with Gasteiger partial charge in [0.1, 0.15) is 12.0 Å². The molecule has 1 amide bonds. The molecule has 36 heavy (non-hydrogen) atoms. The number of hydrogen-bond acceptors (Lipinski definition) is 6. The van der Waals surface area contributed by atoms with E-state index in [2.05, 4.69) is 25.3 Å². The fourth-order valence-electron chi connectivity index (χ4n) is 4.34. The van der Waals surface area contributed by atoms with Crippen molar-refractivity contribution in [2.75, 3.05) is 13.1 Å². The van der Waals surface area contributed by atoms with Crippen LogP contribution in [0.3, 0.4) is 0 Å². The Morgan fingerprint density at radius 1 is 1.14 bits per heavy atom. The number of imidazole rings is 1. The highest BCUT2D eigenvalue weighted by Gasteiger charge is 2.24. The number of nitrogens with zero attached hydrogens (tertiary/aromatic N) is 1. The molecule has 4 rings (SSSR count). The van der Waals surface area contributed by atoms with Crippen molar-refractivity contribution in [3.05, 3.63) is 59.4 Å². The van der Waals surface area contributed by atoms with Crippen LogP contribution in [0.15, 0.2) is 47.4 Å². The first kappa shape index (κ1) is 25.8. The van der Waals surface area contributed by atoms with Gasteiger partial charge < -0.3 is 20.7 Å². The summed E-state index contributed by atoms with van der Waals surface area (Å²) in [5.74, 6) is -0.318. The number of aryl methyl sites for hydroxylation is 2. The lowest BCUT2D eigenvalue weighted by atomic mass is 9.93. The SMILES string of the molecule is Cc1ccc(S(=O)(=O)N[C@@H](CC(=O)O)NC(=O)c2ccc3nc(CCC4CCNCC4)[nH]c3c2)cc1. The number of nitrogens with one attached hydrogen (secondary N) is 4. The number of aliphatic carboxylic acids is 1. The van der Waals surface area contributed by atoms with Crippen LogP contribution in [0.1, 0.15) is 47.4 Å². The average Bonchev–Trinajstić information content (AvgIpc) is 3.25. The summed E-state index contributed by atoms with van der Waals surface area (Å²) in [6.45, 7) is 3.92. The summed E-state index contributed by atoms with van der Waals surface area (Å²) in [7, 11) is -4.04. The van der Waals surface area contributed by atoms with E-state index in [1.165, 1.54) is 12.1 Å². The average molecular weight is 514 g/mol. The van der Waals surface area contributed by atoms with Crippen molar-refractivity contribution in [2.45, 2.75) is 50.1 Å². The number of fused-ring (bicyclic) bond motifs is 1. The highest BCUT2D eigenvalue weighted by Crippen LogP contribution is 2.20. The third-order valence-corrected chi connectivity index (χ3v) is 7.84. The van der Waals surface area contributed by atoms with E-state index in [1.807, 2.05) is 6.92 Å². The van der Waals surface area contributed by atoms with E-state index < -0.39 is 34.5 Å². The van der Waals surface area contributed by atoms with Crippen LogP contribution >= 0.6 is 0 Å². The van der Waals surface area contributed by atoms with Gasteiger partial charge in [0.2, 0.25) is 10.0 Å². The van der Waals surface area contributed by atoms with Crippen molar-refractivity contribution < 1.29 is 23.1 Å². The first-order chi connectivity index (χ1) is 17.2. The predicted molar refractivity (Wildman–Crippen MR) is 135 cm³/mol. The fraction of sp³-hybridized carbons (Fsp3) is 0.400. The number of benzene rings is 2. The molecule has 0 unspecified atom stereocenters. The molecule has 1 saturated heterocycles. The minimum atomic E-state index is -4.04. The number of sulfonamides is 1. The molecule has 1 aromatic heterocycles. The van der Waals surface area contributed by atoms with Crippen LogP contribution in [0, 0.1) is 12.8 Å². The Labute approximate surface area is 210 Å². The number of carboxylic acid groups (broad SMARTS) is 1. The maximum absolute atomic E-state index is 12.9. The number of aromatic amines is 1. The lowest BCUT2D eigenvalue weighted by Gasteiger charge is -2.21. The molecule has 0 bridgehead atoms. The smallest absolute Gasteiger partial charge is 0.306 e. The third kappa shape index (κ3) is 6.68. The van der Waals surface area contributed by atoms with Crippen LogP contribution in [0.25, 0.3) is 11.0 Å². The number of hydrogen-bond donors (Lipinski definition) is 5. The van der Waals surface area contributed by atoms with Crippen LogP contribution in [0.2, 0.25) is 0 Å². The Hall–Kier alpha value is -3.28. The number of carbonyl (C=O) groups excluding carboxylic acids is 1. The van der Waals surface area contributed by atoms with Gasteiger partial charge in [0, 0.05) is 12.0 Å². The van der Waals surface area contributed by atoms with E-state index in [-0.39, 0.29) is 10.5 Å². The minimum absolute atomic E-state index is 0.0198. The number of aromatic nitrogens is 2. The molecule has 0 aliphatic carbocycles. The van der Waals surface area contributed by atoms with Crippen molar-refractivity contribution in [2.24, 2.45) is 5.92 Å². The predicted octanol–water partition coefficient (Wildman–Crippen LogP) is 2.31. The number of amides is 1. The molecular weight excluding hydrogens is 482 g/mol. The molecule has 11 heteroatoms. The van der Waals surface area contributed by atoms with Crippen LogP contribution < -0.4 is 15.4 Å². The van der Waals surface area contributed by atoms with Gasteiger partial charge in [0.25, 0.3) is 5.91 Å². The third-order valence-electron chi connectivity index (χ3n) is 6.35. The molecule has 2 aromatic carbocycles. The van der Waals surface area contributed by atoms with Crippen LogP contribution in [0.5, 0.6) is 0 Å². The van der Waals surface area contributed by atoms with E-state index in [4.69, 9.17) is 0 Å². The molecule has 1 aliphatic heterocycles. The zero-order valence-electron chi connectivity index (χ0n) is 20.1. The maximum atomic E-state index is 12.9. The molecule has 1 aliphatic rings. The number of piperidine rings is 1. The van der Waals surface area contributed by atoms with Crippen molar-refractivity contribution >= 4 is 32.9 Å². The zero-order chi connectivity index (χ0) is 25.7. The summed E-state index contributed by atoms with van der Waals surface area (Å²) in [6, 6.07) is 11.1.